The van der Waals surface area contributed by atoms with Crippen LogP contribution in [-0.2, 0) is 0 Å². The topological polar surface area (TPSA) is 61.7 Å². The van der Waals surface area contributed by atoms with Crippen molar-refractivity contribution in [3.8, 4) is 34.4 Å². The smallest absolute Gasteiger partial charge is 0.238 e. The van der Waals surface area contributed by atoms with Crippen LogP contribution in [0.1, 0.15) is 0 Å². The standard InChI is InChI=1S/C49H29N5O/c1-3-15-31(16-4-1)47-50-48(37-23-13-22-36-43-33-19-8-7-14-30(33)26-29-42(43)55-46(36)37)52-49(51-47)54-39-25-12-10-21-35(39)45-41(54)28-27-40-44(45)34-20-9-11-24-38(34)53(40)32-17-5-2-6-18-32/h1-29H. The fourth-order valence-corrected chi connectivity index (χ4v) is 8.63. The molecule has 12 aromatic rings. The molecule has 0 amide bonds. The summed E-state index contributed by atoms with van der Waals surface area (Å²) in [6, 6.07) is 61.3. The quantitative estimate of drug-likeness (QED) is 0.183. The molecule has 256 valence electrons. The summed E-state index contributed by atoms with van der Waals surface area (Å²) in [7, 11) is 0. The minimum Gasteiger partial charge on any atom is -0.455 e. The number of fused-ring (bicyclic) bond motifs is 12. The number of furan rings is 1. The Kier molecular flexibility index (Phi) is 6.24. The number of hydrogen-bond donors (Lipinski definition) is 0. The van der Waals surface area contributed by atoms with Crippen LogP contribution < -0.4 is 0 Å². The molecule has 0 unspecified atom stereocenters. The average molecular weight is 704 g/mol. The van der Waals surface area contributed by atoms with Crippen LogP contribution in [0.25, 0.3) is 111 Å². The highest BCUT2D eigenvalue weighted by Crippen LogP contribution is 2.43. The number of hydrogen-bond acceptors (Lipinski definition) is 4. The number of rotatable bonds is 4. The second-order valence-corrected chi connectivity index (χ2v) is 14.0. The van der Waals surface area contributed by atoms with Crippen LogP contribution >= 0.6 is 0 Å². The maximum absolute atomic E-state index is 6.68. The fraction of sp³-hybridized carbons (Fsp3) is 0. The Labute approximate surface area is 314 Å². The molecule has 0 spiro atoms. The summed E-state index contributed by atoms with van der Waals surface area (Å²) in [4.78, 5) is 15.7. The molecule has 8 aromatic carbocycles. The van der Waals surface area contributed by atoms with E-state index in [1.54, 1.807) is 0 Å². The molecule has 4 heterocycles. The molecule has 0 atom stereocenters. The van der Waals surface area contributed by atoms with Crippen molar-refractivity contribution in [2.45, 2.75) is 0 Å². The fourth-order valence-electron chi connectivity index (χ4n) is 8.63. The van der Waals surface area contributed by atoms with Crippen LogP contribution in [0.5, 0.6) is 0 Å². The van der Waals surface area contributed by atoms with Crippen molar-refractivity contribution in [3.05, 3.63) is 176 Å². The first-order valence-corrected chi connectivity index (χ1v) is 18.5. The van der Waals surface area contributed by atoms with Gasteiger partial charge in [-0.1, -0.05) is 127 Å². The first kappa shape index (κ1) is 29.9. The molecule has 55 heavy (non-hydrogen) atoms. The molecule has 0 saturated carbocycles. The Morgan fingerprint density at radius 1 is 0.382 bits per heavy atom. The van der Waals surface area contributed by atoms with Gasteiger partial charge >= 0.3 is 0 Å². The molecule has 0 aliphatic heterocycles. The normalized spacial score (nSPS) is 12.0. The van der Waals surface area contributed by atoms with Crippen LogP contribution in [0.2, 0.25) is 0 Å². The molecule has 6 nitrogen and oxygen atoms in total. The van der Waals surface area contributed by atoms with Crippen molar-refractivity contribution < 1.29 is 4.42 Å². The molecule has 0 aliphatic carbocycles. The van der Waals surface area contributed by atoms with Gasteiger partial charge in [0.05, 0.1) is 27.6 Å². The first-order valence-electron chi connectivity index (χ1n) is 18.5. The Bertz CT molecular complexity index is 3490. The molecule has 0 aliphatic rings. The van der Waals surface area contributed by atoms with E-state index >= 15 is 0 Å². The van der Waals surface area contributed by atoms with Gasteiger partial charge in [0, 0.05) is 43.6 Å². The van der Waals surface area contributed by atoms with Gasteiger partial charge in [-0.2, -0.15) is 9.97 Å². The predicted octanol–water partition coefficient (Wildman–Crippen LogP) is 12.5. The molecule has 12 rings (SSSR count). The second kappa shape index (κ2) is 11.5. The lowest BCUT2D eigenvalue weighted by Gasteiger charge is -2.11. The number of nitrogens with zero attached hydrogens (tertiary/aromatic N) is 5. The van der Waals surface area contributed by atoms with Gasteiger partial charge < -0.3 is 8.98 Å². The summed E-state index contributed by atoms with van der Waals surface area (Å²) in [6.07, 6.45) is 0. The predicted molar refractivity (Wildman–Crippen MR) is 224 cm³/mol. The van der Waals surface area contributed by atoms with Crippen molar-refractivity contribution in [3.63, 3.8) is 0 Å². The van der Waals surface area contributed by atoms with Crippen molar-refractivity contribution in [1.82, 2.24) is 24.1 Å². The van der Waals surface area contributed by atoms with Gasteiger partial charge in [0.15, 0.2) is 11.6 Å². The Morgan fingerprint density at radius 2 is 0.982 bits per heavy atom. The Morgan fingerprint density at radius 3 is 1.75 bits per heavy atom. The van der Waals surface area contributed by atoms with Gasteiger partial charge in [-0.15, -0.1) is 0 Å². The summed E-state index contributed by atoms with van der Waals surface area (Å²) < 4.78 is 11.2. The number of aromatic nitrogens is 5. The van der Waals surface area contributed by atoms with E-state index in [1.165, 1.54) is 16.2 Å². The number of benzene rings is 8. The third kappa shape index (κ3) is 4.33. The molecule has 0 N–H and O–H groups in total. The molecule has 0 saturated heterocycles. The molecular formula is C49H29N5O. The maximum Gasteiger partial charge on any atom is 0.238 e. The Balaban J connectivity index is 1.18. The first-order chi connectivity index (χ1) is 27.3. The summed E-state index contributed by atoms with van der Waals surface area (Å²) in [6.45, 7) is 0. The van der Waals surface area contributed by atoms with E-state index in [9.17, 15) is 0 Å². The van der Waals surface area contributed by atoms with Crippen LogP contribution in [0.3, 0.4) is 0 Å². The van der Waals surface area contributed by atoms with E-state index < -0.39 is 0 Å². The minimum atomic E-state index is 0.541. The van der Waals surface area contributed by atoms with Crippen molar-refractivity contribution in [2.24, 2.45) is 0 Å². The van der Waals surface area contributed by atoms with Gasteiger partial charge in [-0.25, -0.2) is 4.98 Å². The Hall–Kier alpha value is -7.57. The minimum absolute atomic E-state index is 0.541. The summed E-state index contributed by atoms with van der Waals surface area (Å²) in [5, 5.41) is 9.13. The monoisotopic (exact) mass is 703 g/mol. The molecule has 0 radical (unpaired) electrons. The average Bonchev–Trinajstić information content (AvgIpc) is 3.92. The third-order valence-electron chi connectivity index (χ3n) is 11.0. The van der Waals surface area contributed by atoms with Gasteiger partial charge in [0.1, 0.15) is 11.2 Å². The summed E-state index contributed by atoms with van der Waals surface area (Å²) in [5.74, 6) is 1.68. The van der Waals surface area contributed by atoms with Crippen molar-refractivity contribution in [1.29, 1.82) is 0 Å². The van der Waals surface area contributed by atoms with E-state index in [0.29, 0.717) is 17.6 Å². The third-order valence-corrected chi connectivity index (χ3v) is 11.0. The SMILES string of the molecule is c1ccc(-c2nc(-c3cccc4c3oc3ccc5ccccc5c34)nc(-n3c4ccccc4c4c5c6ccccc6n(-c6ccccc6)c5ccc43)n2)cc1. The van der Waals surface area contributed by atoms with Crippen LogP contribution in [0.15, 0.2) is 180 Å². The van der Waals surface area contributed by atoms with Crippen molar-refractivity contribution >= 4 is 76.3 Å². The van der Waals surface area contributed by atoms with E-state index in [4.69, 9.17) is 19.4 Å². The van der Waals surface area contributed by atoms with Crippen LogP contribution in [-0.4, -0.2) is 24.1 Å². The second-order valence-electron chi connectivity index (χ2n) is 14.0. The summed E-state index contributed by atoms with van der Waals surface area (Å²) in [5.41, 5.74) is 8.78. The van der Waals surface area contributed by atoms with Crippen LogP contribution in [0, 0.1) is 0 Å². The van der Waals surface area contributed by atoms with Crippen LogP contribution in [0.4, 0.5) is 0 Å². The highest BCUT2D eigenvalue weighted by Gasteiger charge is 2.24. The van der Waals surface area contributed by atoms with Gasteiger partial charge in [0.25, 0.3) is 0 Å². The van der Waals surface area contributed by atoms with E-state index in [1.807, 2.05) is 30.3 Å². The largest absolute Gasteiger partial charge is 0.455 e. The zero-order valence-electron chi connectivity index (χ0n) is 29.4. The maximum atomic E-state index is 6.68. The lowest BCUT2D eigenvalue weighted by atomic mass is 10.0. The van der Waals surface area contributed by atoms with E-state index in [2.05, 4.69) is 155 Å². The molecule has 0 bridgehead atoms. The number of para-hydroxylation sites is 4. The lowest BCUT2D eigenvalue weighted by Crippen LogP contribution is -2.06. The summed E-state index contributed by atoms with van der Waals surface area (Å²) >= 11 is 0. The highest BCUT2D eigenvalue weighted by atomic mass is 16.3. The van der Waals surface area contributed by atoms with E-state index in [0.717, 1.165) is 77.0 Å². The van der Waals surface area contributed by atoms with Gasteiger partial charge in [-0.3, -0.25) is 4.57 Å². The van der Waals surface area contributed by atoms with E-state index in [-0.39, 0.29) is 0 Å². The van der Waals surface area contributed by atoms with Gasteiger partial charge in [-0.05, 0) is 59.3 Å². The zero-order valence-corrected chi connectivity index (χ0v) is 29.4. The molecular weight excluding hydrogens is 675 g/mol. The lowest BCUT2D eigenvalue weighted by molar-refractivity contribution is 0.669. The molecule has 6 heteroatoms. The zero-order chi connectivity index (χ0) is 36.0. The molecule has 4 aromatic heterocycles. The van der Waals surface area contributed by atoms with Crippen molar-refractivity contribution in [2.75, 3.05) is 0 Å². The van der Waals surface area contributed by atoms with Gasteiger partial charge in [0.2, 0.25) is 5.95 Å². The molecule has 0 fully saturated rings. The highest BCUT2D eigenvalue weighted by molar-refractivity contribution is 6.29.